The molecule has 0 aliphatic heterocycles. The molecule has 1 heterocycles. The topological polar surface area (TPSA) is 86.8 Å². The van der Waals surface area contributed by atoms with E-state index in [1.54, 1.807) is 22.8 Å². The molecule has 2 rings (SSSR count). The Bertz CT molecular complexity index is 520. The number of hydrogen-bond donors (Lipinski definition) is 0. The maximum Gasteiger partial charge on any atom is 1.00 e. The molecule has 0 saturated heterocycles. The molecule has 20 heavy (non-hydrogen) atoms. The van der Waals surface area contributed by atoms with Crippen molar-refractivity contribution in [3.8, 4) is 5.69 Å². The molecule has 2 radical (unpaired) electrons. The first-order valence-corrected chi connectivity index (χ1v) is 4.79. The van der Waals surface area contributed by atoms with Crippen LogP contribution >= 0.6 is 0 Å². The molecule has 11 heteroatoms. The Morgan fingerprint density at radius 2 is 2.00 bits per heavy atom. The van der Waals surface area contributed by atoms with Crippen molar-refractivity contribution in [2.45, 2.75) is 11.8 Å². The van der Waals surface area contributed by atoms with E-state index < -0.39 is 0 Å². The van der Waals surface area contributed by atoms with E-state index in [9.17, 15) is 5.26 Å². The molecule has 0 fully saturated rings. The fourth-order valence-corrected chi connectivity index (χ4v) is 1.57. The van der Waals surface area contributed by atoms with Crippen LogP contribution in [0, 0.1) is 44.1 Å². The van der Waals surface area contributed by atoms with Crippen molar-refractivity contribution >= 4 is 87.2 Å². The van der Waals surface area contributed by atoms with Crippen LogP contribution < -0.4 is 74.2 Å². The van der Waals surface area contributed by atoms with Crippen LogP contribution in [0.5, 0.6) is 0 Å². The van der Waals surface area contributed by atoms with E-state index in [0.717, 1.165) is 0 Å². The molecule has 98 valence electrons. The second kappa shape index (κ2) is 15.8. The van der Waals surface area contributed by atoms with Gasteiger partial charge < -0.3 is 33.1 Å². The van der Waals surface area contributed by atoms with Gasteiger partial charge in [0.1, 0.15) is 6.33 Å². The zero-order chi connectivity index (χ0) is 11.5. The van der Waals surface area contributed by atoms with Gasteiger partial charge in [0.2, 0.25) is 0 Å². The minimum absolute atomic E-state index is 0. The van der Waals surface area contributed by atoms with Gasteiger partial charge in [0, 0.05) is 124 Å². The van der Waals surface area contributed by atoms with E-state index in [1.165, 1.54) is 6.33 Å². The van der Waals surface area contributed by atoms with Crippen molar-refractivity contribution in [2.24, 2.45) is 0 Å². The van der Waals surface area contributed by atoms with Crippen LogP contribution in [0.1, 0.15) is 5.56 Å². The molecule has 0 spiro atoms. The summed E-state index contributed by atoms with van der Waals surface area (Å²) in [5.41, 5.74) is 9.11. The standard InChI is InChI=1S/C9H9N4O2S.Ac.Au.2Cs/c10-7-1-6(4-15-14)2-8(3-7)13-5-11-12-9(13)16;;;;/h1-3,5,10,14H,4H2,(H,12,16);;;;/q-1;;+1;;+1/p-2. The summed E-state index contributed by atoms with van der Waals surface area (Å²) in [6.07, 6.45) is 1.46. The Labute approximate surface area is 291 Å². The molecule has 0 saturated carbocycles. The van der Waals surface area contributed by atoms with Crippen molar-refractivity contribution in [3.63, 3.8) is 0 Å². The van der Waals surface area contributed by atoms with Crippen LogP contribution in [0.15, 0.2) is 29.7 Å². The number of nitrogens with zero attached hydrogens (tertiary/aromatic N) is 3. The summed E-state index contributed by atoms with van der Waals surface area (Å²) in [6.45, 7) is -0.0887. The van der Waals surface area contributed by atoms with Crippen LogP contribution in [0.2, 0.25) is 0 Å². The second-order valence-corrected chi connectivity index (χ2v) is 3.50. The summed E-state index contributed by atoms with van der Waals surface area (Å²) in [7, 11) is 0. The van der Waals surface area contributed by atoms with Gasteiger partial charge in [-0.05, 0) is 11.6 Å². The summed E-state index contributed by atoms with van der Waals surface area (Å²) in [5, 5.41) is 17.7. The number of nitrogens with one attached hydrogen (secondary N) is 1. The molecular weight excluding hydrogens is 918 g/mol. The third-order valence-electron chi connectivity index (χ3n) is 2.00. The monoisotopic (exact) mass is 925 g/mol. The molecule has 0 amide bonds. The normalized spacial score (nSPS) is 8.45. The van der Waals surface area contributed by atoms with Crippen LogP contribution in [0.3, 0.4) is 0 Å². The smallest absolute Gasteiger partial charge is 0.740 e. The molecule has 1 aromatic heterocycles. The van der Waals surface area contributed by atoms with Crippen LogP contribution in [-0.4, -0.2) is 83.7 Å². The van der Waals surface area contributed by atoms with Gasteiger partial charge in [-0.25, -0.2) is 0 Å². The minimum Gasteiger partial charge on any atom is -0.740 e. The predicted molar refractivity (Wildman–Crippen MR) is 61.5 cm³/mol. The van der Waals surface area contributed by atoms with Crippen molar-refractivity contribution in [1.82, 2.24) is 14.8 Å². The first-order chi connectivity index (χ1) is 7.70. The third kappa shape index (κ3) is 9.33. The summed E-state index contributed by atoms with van der Waals surface area (Å²) in [4.78, 5) is 3.79. The molecule has 0 aliphatic rings. The van der Waals surface area contributed by atoms with Gasteiger partial charge in [0.05, 0.1) is 6.61 Å². The quantitative estimate of drug-likeness (QED) is 0.145. The molecule has 1 aromatic carbocycles. The van der Waals surface area contributed by atoms with E-state index in [0.29, 0.717) is 16.4 Å². The average molecular weight is 925 g/mol. The Kier molecular flexibility index (Phi) is 23.2. The largest absolute Gasteiger partial charge is 1.00 e. The van der Waals surface area contributed by atoms with Crippen LogP contribution in [0.25, 0.3) is 11.4 Å². The zero-order valence-electron chi connectivity index (χ0n) is 11.0. The Morgan fingerprint density at radius 1 is 1.35 bits per heavy atom. The molecule has 0 bridgehead atoms. The van der Waals surface area contributed by atoms with Gasteiger partial charge in [0.15, 0.2) is 0 Å². The molecule has 0 aliphatic carbocycles. The molecular formula is C9H7AcAuCs2N4O2S-. The molecule has 2 aromatic rings. The van der Waals surface area contributed by atoms with E-state index in [2.05, 4.69) is 15.1 Å². The van der Waals surface area contributed by atoms with E-state index in [1.807, 2.05) is 0 Å². The van der Waals surface area contributed by atoms with Gasteiger partial charge in [0.25, 0.3) is 0 Å². The zero-order valence-corrected chi connectivity index (χ0v) is 31.3. The fourth-order valence-electron chi connectivity index (χ4n) is 1.37. The van der Waals surface area contributed by atoms with Gasteiger partial charge in [-0.1, -0.05) is 12.1 Å². The third-order valence-corrected chi connectivity index (χ3v) is 2.28. The number of aromatic nitrogens is 3. The van der Waals surface area contributed by atoms with Gasteiger partial charge in [-0.3, -0.25) is 0 Å². The average Bonchev–Trinajstić information content (AvgIpc) is 2.64. The predicted octanol–water partition coefficient (Wildman–Crippen LogP) is -2.73. The maximum absolute atomic E-state index is 10.1. The SMILES string of the molecule is [Ac].[Au+].[Cs+].[Cs].[NH-]c1cc(CO[O-])cc(-n2cnnc2[S-])c1. The van der Waals surface area contributed by atoms with Crippen LogP contribution in [-0.2, 0) is 46.5 Å². The minimum atomic E-state index is -0.0887. The number of rotatable bonds is 3. The van der Waals surface area contributed by atoms with Crippen molar-refractivity contribution < 1.29 is 145 Å². The number of hydrogen-bond acceptors (Lipinski definition) is 5. The Balaban J connectivity index is -0.000000722. The molecule has 6 nitrogen and oxygen atoms in total. The van der Waals surface area contributed by atoms with Gasteiger partial charge >= 0.3 is 91.3 Å². The summed E-state index contributed by atoms with van der Waals surface area (Å²) in [6, 6.07) is 4.86. The summed E-state index contributed by atoms with van der Waals surface area (Å²) >= 11 is 4.95. The maximum atomic E-state index is 10.1. The Hall–Kier alpha value is 4.59. The molecule has 0 atom stereocenters. The molecule has 0 unspecified atom stereocenters. The van der Waals surface area contributed by atoms with E-state index in [-0.39, 0.29) is 217 Å². The van der Waals surface area contributed by atoms with Crippen molar-refractivity contribution in [1.29, 1.82) is 0 Å². The summed E-state index contributed by atoms with van der Waals surface area (Å²) in [5.74, 6) is 0. The van der Waals surface area contributed by atoms with Gasteiger partial charge in [-0.2, -0.15) is 5.10 Å². The summed E-state index contributed by atoms with van der Waals surface area (Å²) < 4.78 is 1.56. The van der Waals surface area contributed by atoms with E-state index >= 15 is 0 Å². The first-order valence-electron chi connectivity index (χ1n) is 4.38. The van der Waals surface area contributed by atoms with Crippen molar-refractivity contribution in [3.05, 3.63) is 35.8 Å². The number of benzene rings is 1. The fraction of sp³-hybridized carbons (Fsp3) is 0.111. The van der Waals surface area contributed by atoms with Crippen LogP contribution in [0.4, 0.5) is 5.69 Å². The Morgan fingerprint density at radius 3 is 2.50 bits per heavy atom. The van der Waals surface area contributed by atoms with E-state index in [4.69, 9.17) is 18.4 Å². The van der Waals surface area contributed by atoms with Gasteiger partial charge in [-0.15, -0.1) is 10.8 Å². The molecule has 1 N–H and O–H groups in total. The first kappa shape index (κ1) is 29.4. The van der Waals surface area contributed by atoms with Crippen molar-refractivity contribution in [2.75, 3.05) is 0 Å². The second-order valence-electron chi connectivity index (χ2n) is 3.13.